The van der Waals surface area contributed by atoms with Gasteiger partial charge in [-0.1, -0.05) is 48.9 Å². The van der Waals surface area contributed by atoms with Crippen LogP contribution in [-0.4, -0.2) is 38.8 Å². The van der Waals surface area contributed by atoms with Crippen molar-refractivity contribution in [3.05, 3.63) is 77.5 Å². The van der Waals surface area contributed by atoms with Crippen LogP contribution in [-0.2, 0) is 6.54 Å². The monoisotopic (exact) mass is 448 g/mol. The van der Waals surface area contributed by atoms with Gasteiger partial charge in [-0.05, 0) is 36.1 Å². The molecule has 0 amide bonds. The second kappa shape index (κ2) is 11.8. The van der Waals surface area contributed by atoms with Gasteiger partial charge in [0.2, 0.25) is 11.6 Å². The molecule has 3 aromatic rings. The first-order chi connectivity index (χ1) is 16.0. The Hall–Kier alpha value is -3.74. The van der Waals surface area contributed by atoms with E-state index in [0.29, 0.717) is 35.6 Å². The standard InChI is InChI=1S/C26H32N4O3/c1-18-8-6-9-21(14-18)19(2)15-29-26(27-3)30-17-20-12-13-24(28-16-20)33-25-22(31-4)10-7-11-23(25)32-5/h6-14,16,19H,15,17H2,1-5H3,(H2,27,29,30). The number of nitrogens with one attached hydrogen (secondary N) is 2. The minimum absolute atomic E-state index is 0.369. The number of aliphatic imine (C=N–C) groups is 1. The zero-order valence-electron chi connectivity index (χ0n) is 19.9. The first-order valence-electron chi connectivity index (χ1n) is 10.9. The number of hydrogen-bond acceptors (Lipinski definition) is 5. The van der Waals surface area contributed by atoms with Gasteiger partial charge in [-0.3, -0.25) is 4.99 Å². The molecule has 3 rings (SSSR count). The molecule has 0 aliphatic carbocycles. The molecule has 2 N–H and O–H groups in total. The Balaban J connectivity index is 1.54. The van der Waals surface area contributed by atoms with Crippen molar-refractivity contribution in [2.75, 3.05) is 27.8 Å². The van der Waals surface area contributed by atoms with Crippen molar-refractivity contribution >= 4 is 5.96 Å². The van der Waals surface area contributed by atoms with E-state index in [4.69, 9.17) is 14.2 Å². The van der Waals surface area contributed by atoms with Crippen LogP contribution in [0.1, 0.15) is 29.5 Å². The first kappa shape index (κ1) is 23.9. The van der Waals surface area contributed by atoms with Crippen LogP contribution >= 0.6 is 0 Å². The fourth-order valence-electron chi connectivity index (χ4n) is 3.35. The predicted molar refractivity (Wildman–Crippen MR) is 132 cm³/mol. The van der Waals surface area contributed by atoms with E-state index in [2.05, 4.69) is 58.7 Å². The second-order valence-electron chi connectivity index (χ2n) is 7.72. The Kier molecular flexibility index (Phi) is 8.52. The number of pyridine rings is 1. The summed E-state index contributed by atoms with van der Waals surface area (Å²) in [5.74, 6) is 3.22. The number of hydrogen-bond donors (Lipinski definition) is 2. The summed E-state index contributed by atoms with van der Waals surface area (Å²) in [6, 6.07) is 17.8. The molecule has 7 heteroatoms. The molecule has 0 fully saturated rings. The normalized spacial score (nSPS) is 12.1. The molecule has 0 saturated carbocycles. The molecule has 2 aromatic carbocycles. The number of ether oxygens (including phenoxy) is 3. The lowest BCUT2D eigenvalue weighted by molar-refractivity contribution is 0.342. The van der Waals surface area contributed by atoms with Crippen LogP contribution in [0.5, 0.6) is 23.1 Å². The zero-order valence-corrected chi connectivity index (χ0v) is 19.9. The molecule has 0 radical (unpaired) electrons. The van der Waals surface area contributed by atoms with Gasteiger partial charge in [-0.25, -0.2) is 4.98 Å². The van der Waals surface area contributed by atoms with E-state index in [0.717, 1.165) is 18.1 Å². The third kappa shape index (κ3) is 6.62. The number of aryl methyl sites for hydroxylation is 1. The van der Waals surface area contributed by atoms with Gasteiger partial charge in [0.05, 0.1) is 14.2 Å². The lowest BCUT2D eigenvalue weighted by atomic mass is 9.99. The topological polar surface area (TPSA) is 77.0 Å². The molecule has 1 atom stereocenters. The molecule has 0 saturated heterocycles. The fraction of sp³-hybridized carbons (Fsp3) is 0.308. The van der Waals surface area contributed by atoms with Crippen molar-refractivity contribution < 1.29 is 14.2 Å². The van der Waals surface area contributed by atoms with E-state index in [9.17, 15) is 0 Å². The number of methoxy groups -OCH3 is 2. The van der Waals surface area contributed by atoms with E-state index in [1.54, 1.807) is 27.5 Å². The highest BCUT2D eigenvalue weighted by molar-refractivity contribution is 5.79. The third-order valence-corrected chi connectivity index (χ3v) is 5.26. The van der Waals surface area contributed by atoms with Gasteiger partial charge in [0.25, 0.3) is 0 Å². The molecule has 1 aromatic heterocycles. The van der Waals surface area contributed by atoms with Crippen molar-refractivity contribution in [1.29, 1.82) is 0 Å². The van der Waals surface area contributed by atoms with Gasteiger partial charge in [-0.2, -0.15) is 0 Å². The van der Waals surface area contributed by atoms with Gasteiger partial charge in [0.15, 0.2) is 17.5 Å². The van der Waals surface area contributed by atoms with Crippen LogP contribution in [0.3, 0.4) is 0 Å². The molecule has 174 valence electrons. The molecular weight excluding hydrogens is 416 g/mol. The van der Waals surface area contributed by atoms with Crippen LogP contribution in [0.15, 0.2) is 65.8 Å². The number of guanidine groups is 1. The largest absolute Gasteiger partial charge is 0.493 e. The van der Waals surface area contributed by atoms with Gasteiger partial charge in [0, 0.05) is 32.4 Å². The Morgan fingerprint density at radius 1 is 1.00 bits per heavy atom. The SMILES string of the molecule is CN=C(NCc1ccc(Oc2c(OC)cccc2OC)nc1)NCC(C)c1cccc(C)c1. The Morgan fingerprint density at radius 2 is 1.73 bits per heavy atom. The lowest BCUT2D eigenvalue weighted by Gasteiger charge is -2.17. The average molecular weight is 449 g/mol. The summed E-state index contributed by atoms with van der Waals surface area (Å²) in [6.07, 6.45) is 1.77. The van der Waals surface area contributed by atoms with Crippen molar-refractivity contribution in [3.63, 3.8) is 0 Å². The summed E-state index contributed by atoms with van der Waals surface area (Å²) in [4.78, 5) is 8.74. The lowest BCUT2D eigenvalue weighted by Crippen LogP contribution is -2.38. The van der Waals surface area contributed by atoms with E-state index in [1.807, 2.05) is 30.3 Å². The maximum atomic E-state index is 5.92. The Labute approximate surface area is 195 Å². The number of rotatable bonds is 9. The highest BCUT2D eigenvalue weighted by atomic mass is 16.5. The van der Waals surface area contributed by atoms with Crippen molar-refractivity contribution in [3.8, 4) is 23.1 Å². The van der Waals surface area contributed by atoms with Crippen LogP contribution in [0, 0.1) is 6.92 Å². The molecule has 0 bridgehead atoms. The molecule has 0 aliphatic heterocycles. The molecule has 1 heterocycles. The Bertz CT molecular complexity index is 1050. The molecule has 33 heavy (non-hydrogen) atoms. The zero-order chi connectivity index (χ0) is 23.6. The summed E-state index contributed by atoms with van der Waals surface area (Å²) < 4.78 is 16.7. The van der Waals surface area contributed by atoms with Gasteiger partial charge in [-0.15, -0.1) is 0 Å². The van der Waals surface area contributed by atoms with Gasteiger partial charge >= 0.3 is 0 Å². The maximum Gasteiger partial charge on any atom is 0.219 e. The number of para-hydroxylation sites is 1. The average Bonchev–Trinajstić information content (AvgIpc) is 2.85. The highest BCUT2D eigenvalue weighted by Gasteiger charge is 2.13. The molecule has 0 spiro atoms. The number of nitrogens with zero attached hydrogens (tertiary/aromatic N) is 2. The van der Waals surface area contributed by atoms with Crippen LogP contribution in [0.2, 0.25) is 0 Å². The van der Waals surface area contributed by atoms with Crippen LogP contribution in [0.25, 0.3) is 0 Å². The predicted octanol–water partition coefficient (Wildman–Crippen LogP) is 4.67. The van der Waals surface area contributed by atoms with Crippen molar-refractivity contribution in [1.82, 2.24) is 15.6 Å². The fourth-order valence-corrected chi connectivity index (χ4v) is 3.35. The number of benzene rings is 2. The number of aromatic nitrogens is 1. The van der Waals surface area contributed by atoms with E-state index in [1.165, 1.54) is 11.1 Å². The summed E-state index contributed by atoms with van der Waals surface area (Å²) in [5, 5.41) is 6.72. The van der Waals surface area contributed by atoms with Gasteiger partial charge in [0.1, 0.15) is 0 Å². The maximum absolute atomic E-state index is 5.92. The smallest absolute Gasteiger partial charge is 0.219 e. The first-order valence-corrected chi connectivity index (χ1v) is 10.9. The summed E-state index contributed by atoms with van der Waals surface area (Å²) in [6.45, 7) is 5.69. The molecule has 1 unspecified atom stereocenters. The van der Waals surface area contributed by atoms with E-state index >= 15 is 0 Å². The van der Waals surface area contributed by atoms with E-state index in [-0.39, 0.29) is 0 Å². The highest BCUT2D eigenvalue weighted by Crippen LogP contribution is 2.39. The van der Waals surface area contributed by atoms with E-state index < -0.39 is 0 Å². The Morgan fingerprint density at radius 3 is 2.33 bits per heavy atom. The molecule has 7 nitrogen and oxygen atoms in total. The summed E-state index contributed by atoms with van der Waals surface area (Å²) >= 11 is 0. The van der Waals surface area contributed by atoms with Crippen molar-refractivity contribution in [2.24, 2.45) is 4.99 Å². The molecule has 0 aliphatic rings. The second-order valence-corrected chi connectivity index (χ2v) is 7.72. The molecular formula is C26H32N4O3. The minimum atomic E-state index is 0.369. The van der Waals surface area contributed by atoms with Gasteiger partial charge < -0.3 is 24.8 Å². The third-order valence-electron chi connectivity index (χ3n) is 5.26. The van der Waals surface area contributed by atoms with Crippen LogP contribution < -0.4 is 24.8 Å². The van der Waals surface area contributed by atoms with Crippen LogP contribution in [0.4, 0.5) is 0 Å². The summed E-state index contributed by atoms with van der Waals surface area (Å²) in [7, 11) is 4.95. The minimum Gasteiger partial charge on any atom is -0.493 e. The van der Waals surface area contributed by atoms with Crippen molar-refractivity contribution in [2.45, 2.75) is 26.3 Å². The quantitative estimate of drug-likeness (QED) is 0.366. The summed E-state index contributed by atoms with van der Waals surface area (Å²) in [5.41, 5.74) is 3.58.